The van der Waals surface area contributed by atoms with Crippen LogP contribution in [0, 0.1) is 5.92 Å². The van der Waals surface area contributed by atoms with Crippen molar-refractivity contribution >= 4 is 17.3 Å². The van der Waals surface area contributed by atoms with E-state index >= 15 is 0 Å². The van der Waals surface area contributed by atoms with Crippen LogP contribution < -0.4 is 5.32 Å². The molecule has 126 valence electrons. The summed E-state index contributed by atoms with van der Waals surface area (Å²) in [5.41, 5.74) is 1.06. The predicted molar refractivity (Wildman–Crippen MR) is 91.0 cm³/mol. The van der Waals surface area contributed by atoms with Crippen LogP contribution in [0.4, 0.5) is 0 Å². The summed E-state index contributed by atoms with van der Waals surface area (Å²) in [5, 5.41) is 11.5. The molecule has 1 amide bonds. The van der Waals surface area contributed by atoms with Crippen molar-refractivity contribution in [3.8, 4) is 0 Å². The molecule has 4 rings (SSSR count). The van der Waals surface area contributed by atoms with Crippen LogP contribution in [0.15, 0.2) is 49.1 Å². The van der Waals surface area contributed by atoms with E-state index in [1.54, 1.807) is 29.1 Å². The van der Waals surface area contributed by atoms with Gasteiger partial charge in [-0.2, -0.15) is 0 Å². The number of hydrogen-bond acceptors (Lipinski definition) is 5. The molecule has 0 aromatic carbocycles. The standard InChI is InChI=1S/C17H17N7O/c1-11(2)14(15-22-21-13-6-3-4-9-24(13)15)20-16(25)12-10-23-8-5-7-18-17(23)19-12/h3-11,14H,1-2H3,(H,20,25)/t14-/m1/s1. The van der Waals surface area contributed by atoms with Gasteiger partial charge in [0.05, 0.1) is 6.04 Å². The maximum absolute atomic E-state index is 12.7. The number of rotatable bonds is 4. The average molecular weight is 335 g/mol. The summed E-state index contributed by atoms with van der Waals surface area (Å²) in [6, 6.07) is 7.19. The Hall–Kier alpha value is -3.29. The van der Waals surface area contributed by atoms with Gasteiger partial charge in [-0.3, -0.25) is 13.6 Å². The van der Waals surface area contributed by atoms with Crippen molar-refractivity contribution < 1.29 is 4.79 Å². The van der Waals surface area contributed by atoms with Crippen LogP contribution in [0.25, 0.3) is 11.4 Å². The van der Waals surface area contributed by atoms with E-state index in [0.29, 0.717) is 17.3 Å². The molecule has 4 heterocycles. The quantitative estimate of drug-likeness (QED) is 0.615. The molecular formula is C17H17N7O. The summed E-state index contributed by atoms with van der Waals surface area (Å²) in [5.74, 6) is 1.05. The molecule has 0 saturated heterocycles. The third-order valence-corrected chi connectivity index (χ3v) is 4.04. The van der Waals surface area contributed by atoms with Gasteiger partial charge in [0.15, 0.2) is 11.5 Å². The fraction of sp³-hybridized carbons (Fsp3) is 0.235. The largest absolute Gasteiger partial charge is 0.340 e. The summed E-state index contributed by atoms with van der Waals surface area (Å²) in [6.45, 7) is 4.06. The van der Waals surface area contributed by atoms with E-state index in [0.717, 1.165) is 5.65 Å². The molecule has 0 bridgehead atoms. The first-order valence-electron chi connectivity index (χ1n) is 8.04. The predicted octanol–water partition coefficient (Wildman–Crippen LogP) is 1.90. The Morgan fingerprint density at radius 2 is 2.04 bits per heavy atom. The monoisotopic (exact) mass is 335 g/mol. The molecule has 8 nitrogen and oxygen atoms in total. The highest BCUT2D eigenvalue weighted by Gasteiger charge is 2.25. The fourth-order valence-corrected chi connectivity index (χ4v) is 2.76. The second-order valence-electron chi connectivity index (χ2n) is 6.14. The molecule has 1 atom stereocenters. The molecule has 0 aliphatic carbocycles. The molecule has 4 aromatic heterocycles. The zero-order chi connectivity index (χ0) is 17.4. The van der Waals surface area contributed by atoms with Crippen molar-refractivity contribution in [2.45, 2.75) is 19.9 Å². The van der Waals surface area contributed by atoms with E-state index in [1.807, 2.05) is 42.6 Å². The molecule has 0 aliphatic rings. The van der Waals surface area contributed by atoms with Gasteiger partial charge >= 0.3 is 0 Å². The normalized spacial score (nSPS) is 12.8. The highest BCUT2D eigenvalue weighted by molar-refractivity contribution is 5.93. The molecule has 4 aromatic rings. The first-order chi connectivity index (χ1) is 12.1. The van der Waals surface area contributed by atoms with Crippen molar-refractivity contribution in [3.05, 3.63) is 60.6 Å². The number of carbonyl (C=O) groups is 1. The van der Waals surface area contributed by atoms with Gasteiger partial charge in [0, 0.05) is 24.8 Å². The number of hydrogen-bond donors (Lipinski definition) is 1. The molecule has 1 N–H and O–H groups in total. The van der Waals surface area contributed by atoms with E-state index in [4.69, 9.17) is 0 Å². The maximum Gasteiger partial charge on any atom is 0.272 e. The summed E-state index contributed by atoms with van der Waals surface area (Å²) >= 11 is 0. The van der Waals surface area contributed by atoms with E-state index in [-0.39, 0.29) is 17.9 Å². The highest BCUT2D eigenvalue weighted by atomic mass is 16.2. The Morgan fingerprint density at radius 3 is 2.84 bits per heavy atom. The van der Waals surface area contributed by atoms with E-state index < -0.39 is 0 Å². The van der Waals surface area contributed by atoms with Crippen molar-refractivity contribution in [2.75, 3.05) is 0 Å². The van der Waals surface area contributed by atoms with Crippen LogP contribution in [-0.2, 0) is 0 Å². The lowest BCUT2D eigenvalue weighted by Gasteiger charge is -2.20. The van der Waals surface area contributed by atoms with Crippen molar-refractivity contribution in [1.29, 1.82) is 0 Å². The van der Waals surface area contributed by atoms with Gasteiger partial charge in [0.1, 0.15) is 5.69 Å². The number of amides is 1. The summed E-state index contributed by atoms with van der Waals surface area (Å²) in [7, 11) is 0. The molecule has 0 aliphatic heterocycles. The Morgan fingerprint density at radius 1 is 1.16 bits per heavy atom. The number of nitrogens with zero attached hydrogens (tertiary/aromatic N) is 6. The molecule has 8 heteroatoms. The summed E-state index contributed by atoms with van der Waals surface area (Å²) in [6.07, 6.45) is 7.00. The SMILES string of the molecule is CC(C)[C@@H](NC(=O)c1cn2cccnc2n1)c1nnc2ccccn12. The molecule has 0 unspecified atom stereocenters. The van der Waals surface area contributed by atoms with Crippen LogP contribution in [0.5, 0.6) is 0 Å². The molecule has 0 spiro atoms. The molecule has 0 fully saturated rings. The lowest BCUT2D eigenvalue weighted by atomic mass is 10.0. The average Bonchev–Trinajstić information content (AvgIpc) is 3.23. The van der Waals surface area contributed by atoms with Gasteiger partial charge in [-0.15, -0.1) is 10.2 Å². The van der Waals surface area contributed by atoms with Crippen LogP contribution in [-0.4, -0.2) is 34.9 Å². The Bertz CT molecular complexity index is 1020. The molecule has 0 radical (unpaired) electrons. The second kappa shape index (κ2) is 5.97. The third kappa shape index (κ3) is 2.71. The first-order valence-corrected chi connectivity index (χ1v) is 8.04. The lowest BCUT2D eigenvalue weighted by molar-refractivity contribution is 0.0918. The van der Waals surface area contributed by atoms with Gasteiger partial charge in [0.2, 0.25) is 5.78 Å². The minimum atomic E-state index is -0.289. The van der Waals surface area contributed by atoms with E-state index in [1.165, 1.54) is 0 Å². The maximum atomic E-state index is 12.7. The van der Waals surface area contributed by atoms with Gasteiger partial charge < -0.3 is 5.32 Å². The number of nitrogens with one attached hydrogen (secondary N) is 1. The third-order valence-electron chi connectivity index (χ3n) is 4.04. The number of aromatic nitrogens is 6. The molecule has 25 heavy (non-hydrogen) atoms. The van der Waals surface area contributed by atoms with E-state index in [2.05, 4.69) is 25.5 Å². The van der Waals surface area contributed by atoms with Gasteiger partial charge in [-0.25, -0.2) is 9.97 Å². The first kappa shape index (κ1) is 15.3. The van der Waals surface area contributed by atoms with Gasteiger partial charge in [-0.1, -0.05) is 19.9 Å². The molecular weight excluding hydrogens is 318 g/mol. The molecule has 0 saturated carbocycles. The summed E-state index contributed by atoms with van der Waals surface area (Å²) < 4.78 is 3.60. The number of fused-ring (bicyclic) bond motifs is 2. The van der Waals surface area contributed by atoms with Gasteiger partial charge in [0.25, 0.3) is 5.91 Å². The number of carbonyl (C=O) groups excluding carboxylic acids is 1. The minimum Gasteiger partial charge on any atom is -0.340 e. The Kier molecular flexibility index (Phi) is 3.64. The zero-order valence-corrected chi connectivity index (χ0v) is 13.9. The van der Waals surface area contributed by atoms with Crippen LogP contribution in [0.1, 0.15) is 36.2 Å². The highest BCUT2D eigenvalue weighted by Crippen LogP contribution is 2.21. The lowest BCUT2D eigenvalue weighted by Crippen LogP contribution is -2.33. The zero-order valence-electron chi connectivity index (χ0n) is 13.9. The second-order valence-corrected chi connectivity index (χ2v) is 6.14. The van der Waals surface area contributed by atoms with Gasteiger partial charge in [-0.05, 0) is 24.1 Å². The van der Waals surface area contributed by atoms with Crippen molar-refractivity contribution in [2.24, 2.45) is 5.92 Å². The smallest absolute Gasteiger partial charge is 0.272 e. The number of pyridine rings is 1. The van der Waals surface area contributed by atoms with Crippen molar-refractivity contribution in [3.63, 3.8) is 0 Å². The summed E-state index contributed by atoms with van der Waals surface area (Å²) in [4.78, 5) is 21.1. The van der Waals surface area contributed by atoms with Crippen LogP contribution in [0.3, 0.4) is 0 Å². The Balaban J connectivity index is 1.66. The van der Waals surface area contributed by atoms with Crippen molar-refractivity contribution in [1.82, 2.24) is 34.3 Å². The van der Waals surface area contributed by atoms with E-state index in [9.17, 15) is 4.79 Å². The Labute approximate surface area is 143 Å². The van der Waals surface area contributed by atoms with Crippen LogP contribution in [0.2, 0.25) is 0 Å². The topological polar surface area (TPSA) is 89.5 Å². The minimum absolute atomic E-state index is 0.131. The van der Waals surface area contributed by atoms with Crippen LogP contribution >= 0.6 is 0 Å². The fourth-order valence-electron chi connectivity index (χ4n) is 2.76. The number of imidazole rings is 1.